The van der Waals surface area contributed by atoms with Crippen LogP contribution in [0, 0.1) is 13.8 Å². The highest BCUT2D eigenvalue weighted by atomic mass is 32.2. The van der Waals surface area contributed by atoms with Crippen LogP contribution in [-0.4, -0.2) is 10.8 Å². The molecule has 2 aromatic heterocycles. The van der Waals surface area contributed by atoms with E-state index in [9.17, 15) is 4.55 Å². The predicted molar refractivity (Wildman–Crippen MR) is 97.6 cm³/mol. The maximum absolute atomic E-state index is 12.1. The molecule has 0 saturated carbocycles. The van der Waals surface area contributed by atoms with Crippen molar-refractivity contribution < 1.29 is 4.55 Å². The Bertz CT molecular complexity index is 786. The van der Waals surface area contributed by atoms with Crippen molar-refractivity contribution in [1.82, 2.24) is 0 Å². The number of hydrogen-bond donors (Lipinski definition) is 0. The molecule has 22 heavy (non-hydrogen) atoms. The zero-order valence-electron chi connectivity index (χ0n) is 12.3. The van der Waals surface area contributed by atoms with Gasteiger partial charge in [-0.1, -0.05) is 22.1 Å². The Hall–Kier alpha value is -1.40. The molecule has 0 aliphatic rings. The van der Waals surface area contributed by atoms with Gasteiger partial charge in [-0.2, -0.15) is 11.3 Å². The Morgan fingerprint density at radius 3 is 2.50 bits per heavy atom. The van der Waals surface area contributed by atoms with Crippen LogP contribution >= 0.6 is 22.7 Å². The fraction of sp³-hybridized carbons (Fsp3) is 0.118. The lowest BCUT2D eigenvalue weighted by Gasteiger charge is -2.01. The second kappa shape index (κ2) is 6.79. The van der Waals surface area contributed by atoms with Crippen molar-refractivity contribution in [3.8, 4) is 10.4 Å². The maximum Gasteiger partial charge on any atom is 0.182 e. The summed E-state index contributed by atoms with van der Waals surface area (Å²) < 4.78 is 16.3. The van der Waals surface area contributed by atoms with Crippen molar-refractivity contribution >= 4 is 40.3 Å². The van der Waals surface area contributed by atoms with E-state index >= 15 is 0 Å². The van der Waals surface area contributed by atoms with Gasteiger partial charge in [-0.15, -0.1) is 11.3 Å². The van der Waals surface area contributed by atoms with Crippen molar-refractivity contribution in [3.05, 3.63) is 63.2 Å². The molecule has 0 fully saturated rings. The van der Waals surface area contributed by atoms with Crippen molar-refractivity contribution in [2.45, 2.75) is 18.7 Å². The molecule has 0 saturated heterocycles. The van der Waals surface area contributed by atoms with E-state index in [0.29, 0.717) is 0 Å². The standard InChI is InChI=1S/C17H15NOS3/c1-12-3-6-15(7-4-12)22(19)18-9-14-5-8-17(21-14)16-11-20-10-13(16)2/h3-11H,1-2H3/b18-9+. The molecule has 3 rings (SSSR count). The fourth-order valence-corrected chi connectivity index (χ4v) is 4.65. The van der Waals surface area contributed by atoms with Crippen LogP contribution in [0.25, 0.3) is 10.4 Å². The number of aryl methyl sites for hydroxylation is 2. The van der Waals surface area contributed by atoms with Gasteiger partial charge in [-0.05, 0) is 54.4 Å². The van der Waals surface area contributed by atoms with E-state index in [1.165, 1.54) is 16.0 Å². The first-order chi connectivity index (χ1) is 10.6. The number of hydrogen-bond acceptors (Lipinski definition) is 4. The molecule has 0 spiro atoms. The third kappa shape index (κ3) is 3.50. The molecule has 1 atom stereocenters. The summed E-state index contributed by atoms with van der Waals surface area (Å²) in [5, 5.41) is 4.31. The van der Waals surface area contributed by atoms with Gasteiger partial charge in [0.25, 0.3) is 0 Å². The minimum absolute atomic E-state index is 0.729. The van der Waals surface area contributed by atoms with E-state index in [4.69, 9.17) is 0 Å². The normalized spacial score (nSPS) is 12.9. The van der Waals surface area contributed by atoms with Gasteiger partial charge in [0, 0.05) is 10.4 Å². The highest BCUT2D eigenvalue weighted by Gasteiger charge is 2.10. The molecule has 112 valence electrons. The van der Waals surface area contributed by atoms with Gasteiger partial charge in [-0.3, -0.25) is 0 Å². The summed E-state index contributed by atoms with van der Waals surface area (Å²) in [5.41, 5.74) is 3.71. The highest BCUT2D eigenvalue weighted by Crippen LogP contribution is 2.32. The van der Waals surface area contributed by atoms with Crippen molar-refractivity contribution in [2.24, 2.45) is 4.40 Å². The van der Waals surface area contributed by atoms with Crippen LogP contribution in [0.3, 0.4) is 0 Å². The molecule has 0 amide bonds. The summed E-state index contributed by atoms with van der Waals surface area (Å²) in [6, 6.07) is 11.7. The summed E-state index contributed by atoms with van der Waals surface area (Å²) in [5.74, 6) is 0. The van der Waals surface area contributed by atoms with E-state index in [1.54, 1.807) is 28.9 Å². The van der Waals surface area contributed by atoms with E-state index in [0.717, 1.165) is 15.3 Å². The van der Waals surface area contributed by atoms with E-state index in [2.05, 4.69) is 28.1 Å². The van der Waals surface area contributed by atoms with Gasteiger partial charge in [-0.25, -0.2) is 0 Å². The van der Waals surface area contributed by atoms with Crippen LogP contribution in [0.15, 0.2) is 56.5 Å². The second-order valence-corrected chi connectivity index (χ2v) is 8.01. The molecule has 3 aromatic rings. The fourth-order valence-electron chi connectivity index (χ4n) is 2.00. The van der Waals surface area contributed by atoms with Crippen molar-refractivity contribution in [3.63, 3.8) is 0 Å². The average molecular weight is 346 g/mol. The monoisotopic (exact) mass is 345 g/mol. The lowest BCUT2D eigenvalue weighted by Crippen LogP contribution is -1.97. The second-order valence-electron chi connectivity index (χ2n) is 4.97. The number of thiophene rings is 2. The van der Waals surface area contributed by atoms with Gasteiger partial charge < -0.3 is 4.55 Å². The van der Waals surface area contributed by atoms with Crippen molar-refractivity contribution in [2.75, 3.05) is 0 Å². The van der Waals surface area contributed by atoms with Gasteiger partial charge in [0.15, 0.2) is 4.90 Å². The van der Waals surface area contributed by atoms with Gasteiger partial charge in [0.1, 0.15) is 11.4 Å². The molecule has 0 aliphatic carbocycles. The Balaban J connectivity index is 1.74. The van der Waals surface area contributed by atoms with Gasteiger partial charge >= 0.3 is 0 Å². The molecule has 2 heterocycles. The average Bonchev–Trinajstić information content (AvgIpc) is 3.14. The van der Waals surface area contributed by atoms with Crippen LogP contribution in [0.5, 0.6) is 0 Å². The Morgan fingerprint density at radius 1 is 1.05 bits per heavy atom. The third-order valence-corrected chi connectivity index (χ3v) is 6.13. The molecule has 2 nitrogen and oxygen atoms in total. The zero-order chi connectivity index (χ0) is 15.5. The molecule has 5 heteroatoms. The quantitative estimate of drug-likeness (QED) is 0.471. The van der Waals surface area contributed by atoms with Crippen LogP contribution in [-0.2, 0) is 11.4 Å². The Kier molecular flexibility index (Phi) is 4.78. The maximum atomic E-state index is 12.1. The van der Waals surface area contributed by atoms with Gasteiger partial charge in [0.2, 0.25) is 0 Å². The van der Waals surface area contributed by atoms with E-state index < -0.39 is 11.4 Å². The Morgan fingerprint density at radius 2 is 1.82 bits per heavy atom. The summed E-state index contributed by atoms with van der Waals surface area (Å²) in [6.07, 6.45) is 1.70. The first-order valence-corrected chi connectivity index (χ1v) is 9.66. The minimum Gasteiger partial charge on any atom is -0.586 e. The molecule has 0 radical (unpaired) electrons. The third-order valence-electron chi connectivity index (χ3n) is 3.25. The number of rotatable bonds is 4. The summed E-state index contributed by atoms with van der Waals surface area (Å²) in [6.45, 7) is 4.13. The first-order valence-electron chi connectivity index (χ1n) is 6.79. The summed E-state index contributed by atoms with van der Waals surface area (Å²) in [7, 11) is 0. The van der Waals surface area contributed by atoms with Crippen molar-refractivity contribution in [1.29, 1.82) is 0 Å². The summed E-state index contributed by atoms with van der Waals surface area (Å²) >= 11 is 2.03. The smallest absolute Gasteiger partial charge is 0.182 e. The largest absolute Gasteiger partial charge is 0.586 e. The van der Waals surface area contributed by atoms with Crippen LogP contribution in [0.1, 0.15) is 16.0 Å². The van der Waals surface area contributed by atoms with Crippen LogP contribution in [0.4, 0.5) is 0 Å². The first kappa shape index (κ1) is 15.5. The number of nitrogens with zero attached hydrogens (tertiary/aromatic N) is 1. The molecule has 1 unspecified atom stereocenters. The van der Waals surface area contributed by atoms with E-state index in [1.807, 2.05) is 37.3 Å². The molecule has 1 aromatic carbocycles. The zero-order valence-corrected chi connectivity index (χ0v) is 14.7. The van der Waals surface area contributed by atoms with Crippen LogP contribution < -0.4 is 0 Å². The van der Waals surface area contributed by atoms with Crippen LogP contribution in [0.2, 0.25) is 0 Å². The van der Waals surface area contributed by atoms with Gasteiger partial charge in [0.05, 0.1) is 11.1 Å². The molecule has 0 aliphatic heterocycles. The highest BCUT2D eigenvalue weighted by molar-refractivity contribution is 7.90. The molecular formula is C17H15NOS3. The summed E-state index contributed by atoms with van der Waals surface area (Å²) in [4.78, 5) is 2.97. The molecule has 0 N–H and O–H groups in total. The number of benzene rings is 1. The SMILES string of the molecule is Cc1ccc([S+]([O-])/N=C/c2ccc(-c3cscc3C)s2)cc1. The lowest BCUT2D eigenvalue weighted by molar-refractivity contribution is 0.597. The van der Waals surface area contributed by atoms with E-state index in [-0.39, 0.29) is 0 Å². The minimum atomic E-state index is -1.35. The Labute approximate surface area is 141 Å². The topological polar surface area (TPSA) is 35.4 Å². The molecule has 0 bridgehead atoms. The lowest BCUT2D eigenvalue weighted by atomic mass is 10.2. The molecular weight excluding hydrogens is 330 g/mol. The predicted octanol–water partition coefficient (Wildman–Crippen LogP) is 5.24.